The molecule has 0 saturated heterocycles. The molecular weight excluding hydrogens is 698 g/mol. The lowest BCUT2D eigenvalue weighted by molar-refractivity contribution is -0.206. The Morgan fingerprint density at radius 1 is 0.635 bits per heavy atom. The van der Waals surface area contributed by atoms with Crippen molar-refractivity contribution in [1.82, 2.24) is 19.9 Å². The maximum absolute atomic E-state index is 14.1. The van der Waals surface area contributed by atoms with Gasteiger partial charge in [-0.15, -0.1) is 0 Å². The Labute approximate surface area is 293 Å². The summed E-state index contributed by atoms with van der Waals surface area (Å²) in [5, 5.41) is 21.0. The molecule has 0 radical (unpaired) electrons. The van der Waals surface area contributed by atoms with Crippen LogP contribution in [-0.2, 0) is 19.1 Å². The van der Waals surface area contributed by atoms with E-state index in [1.165, 1.54) is 40.2 Å². The topological polar surface area (TPSA) is 150 Å². The molecule has 0 saturated carbocycles. The zero-order valence-corrected chi connectivity index (χ0v) is 29.0. The fourth-order valence-corrected chi connectivity index (χ4v) is 6.47. The number of allylic oxidation sites excluding steroid dienone is 4. The number of hydrogen-bond donors (Lipinski definition) is 4. The summed E-state index contributed by atoms with van der Waals surface area (Å²) in [5.74, 6) is -1.02. The molecule has 0 spiro atoms. The van der Waals surface area contributed by atoms with Crippen LogP contribution < -0.4 is 0 Å². The number of aryl methyl sites for hydroxylation is 2. The highest BCUT2D eigenvalue weighted by molar-refractivity contribution is 5.96. The number of hydrogen-bond acceptors (Lipinski definition) is 8. The van der Waals surface area contributed by atoms with E-state index in [0.717, 1.165) is 6.07 Å². The maximum atomic E-state index is 14.1. The Morgan fingerprint density at radius 2 is 1.00 bits per heavy atom. The number of aromatic nitrogens is 4. The number of methoxy groups -OCH3 is 2. The minimum atomic E-state index is -5.12. The lowest BCUT2D eigenvalue weighted by Gasteiger charge is -2.15. The van der Waals surface area contributed by atoms with Gasteiger partial charge < -0.3 is 29.7 Å². The number of nitrogens with zero attached hydrogens (tertiary/aromatic N) is 2. The van der Waals surface area contributed by atoms with Gasteiger partial charge in [0.15, 0.2) is 12.2 Å². The third-order valence-corrected chi connectivity index (χ3v) is 9.41. The maximum Gasteiger partial charge on any atom is 0.418 e. The number of nitrogens with one attached hydrogen (secondary N) is 2. The number of esters is 2. The number of carbonyl (C=O) groups excluding carboxylic acids is 2. The third kappa shape index (κ3) is 7.35. The number of rotatable bonds is 8. The van der Waals surface area contributed by atoms with E-state index >= 15 is 0 Å². The minimum Gasteiger partial charge on any atom is -0.469 e. The Morgan fingerprint density at radius 3 is 1.38 bits per heavy atom. The highest BCUT2D eigenvalue weighted by Crippen LogP contribution is 2.42. The van der Waals surface area contributed by atoms with E-state index in [2.05, 4.69) is 9.97 Å². The molecule has 3 aromatic heterocycles. The van der Waals surface area contributed by atoms with Crippen LogP contribution in [0.2, 0.25) is 0 Å². The van der Waals surface area contributed by atoms with Crippen molar-refractivity contribution in [3.8, 4) is 0 Å². The van der Waals surface area contributed by atoms with E-state index in [1.54, 1.807) is 19.9 Å². The molecule has 0 aliphatic carbocycles. The summed E-state index contributed by atoms with van der Waals surface area (Å²) in [6.07, 6.45) is -16.0. The predicted molar refractivity (Wildman–Crippen MR) is 180 cm³/mol. The molecule has 0 fully saturated rings. The lowest BCUT2D eigenvalue weighted by atomic mass is 9.98. The van der Waals surface area contributed by atoms with E-state index in [9.17, 15) is 46.1 Å². The van der Waals surface area contributed by atoms with Crippen LogP contribution in [0.15, 0.2) is 24.3 Å². The number of fused-ring (bicyclic) bond motifs is 8. The van der Waals surface area contributed by atoms with Crippen LogP contribution in [0.3, 0.4) is 0 Å². The summed E-state index contributed by atoms with van der Waals surface area (Å²) < 4.78 is 93.9. The van der Waals surface area contributed by atoms with Crippen LogP contribution in [0, 0.1) is 13.8 Å². The molecular formula is C36H36F6N4O6. The van der Waals surface area contributed by atoms with Crippen LogP contribution in [-0.4, -0.2) is 68.7 Å². The molecule has 52 heavy (non-hydrogen) atoms. The van der Waals surface area contributed by atoms with Gasteiger partial charge in [-0.25, -0.2) is 9.97 Å². The minimum absolute atomic E-state index is 0.00128. The zero-order valence-electron chi connectivity index (χ0n) is 29.0. The van der Waals surface area contributed by atoms with Gasteiger partial charge >= 0.3 is 24.3 Å². The van der Waals surface area contributed by atoms with Crippen molar-refractivity contribution in [3.63, 3.8) is 0 Å². The van der Waals surface area contributed by atoms with E-state index in [4.69, 9.17) is 19.4 Å². The molecule has 278 valence electrons. The standard InChI is InChI=1S/C36H36F6N4O6/c1-15-19(7-9-29(47)51-5)25-14-26-20(8-10-30(48)52-6)16(2)22(44-26)12-27-32(34(50)36(40,41)42)18(4)24(46-27)13-28-31(33(49)35(37,38)39)17(3)23(45-28)11-21(15)43-25/h11-14,33-34,45-46,49-50H,7-10H2,1-6H3/t33-,34-/m0/s1. The largest absolute Gasteiger partial charge is 0.469 e. The van der Waals surface area contributed by atoms with Crippen molar-refractivity contribution < 1.29 is 55.6 Å². The Kier molecular flexibility index (Phi) is 10.5. The van der Waals surface area contributed by atoms with E-state index in [0.29, 0.717) is 39.4 Å². The van der Waals surface area contributed by atoms with Gasteiger partial charge in [0.05, 0.1) is 37.0 Å². The van der Waals surface area contributed by atoms with Gasteiger partial charge in [-0.2, -0.15) is 26.3 Å². The molecule has 10 nitrogen and oxygen atoms in total. The van der Waals surface area contributed by atoms with Crippen LogP contribution in [0.1, 0.15) is 96.8 Å². The highest BCUT2D eigenvalue weighted by atomic mass is 19.4. The van der Waals surface area contributed by atoms with E-state index in [1.807, 2.05) is 0 Å². The number of halogens is 6. The summed E-state index contributed by atoms with van der Waals surface area (Å²) >= 11 is 0. The molecule has 8 bridgehead atoms. The third-order valence-electron chi connectivity index (χ3n) is 9.41. The fraction of sp³-hybridized carbons (Fsp3) is 0.389. The quantitative estimate of drug-likeness (QED) is 0.135. The van der Waals surface area contributed by atoms with Gasteiger partial charge in [0.25, 0.3) is 0 Å². The molecule has 4 N–H and O–H groups in total. The Balaban J connectivity index is 1.97. The summed E-state index contributed by atoms with van der Waals surface area (Å²) in [6.45, 7) is 6.02. The summed E-state index contributed by atoms with van der Waals surface area (Å²) in [4.78, 5) is 39.5. The zero-order chi connectivity index (χ0) is 38.4. The number of aromatic amines is 2. The van der Waals surface area contributed by atoms with Gasteiger partial charge in [0.1, 0.15) is 0 Å². The van der Waals surface area contributed by atoms with Crippen molar-refractivity contribution in [1.29, 1.82) is 0 Å². The second kappa shape index (κ2) is 14.2. The van der Waals surface area contributed by atoms with Crippen molar-refractivity contribution >= 4 is 56.3 Å². The molecule has 2 aliphatic rings. The first-order valence-electron chi connectivity index (χ1n) is 16.1. The molecule has 2 aliphatic heterocycles. The van der Waals surface area contributed by atoms with Crippen molar-refractivity contribution in [2.24, 2.45) is 0 Å². The molecule has 5 rings (SSSR count). The molecule has 0 amide bonds. The average Bonchev–Trinajstić information content (AvgIpc) is 3.73. The van der Waals surface area contributed by atoms with Crippen LogP contribution in [0.4, 0.5) is 26.3 Å². The average molecular weight is 735 g/mol. The number of ether oxygens (including phenoxy) is 2. The first-order chi connectivity index (χ1) is 24.3. The molecule has 16 heteroatoms. The monoisotopic (exact) mass is 734 g/mol. The van der Waals surface area contributed by atoms with Gasteiger partial charge in [0.2, 0.25) is 0 Å². The molecule has 3 aromatic rings. The van der Waals surface area contributed by atoms with Gasteiger partial charge in [-0.1, -0.05) is 0 Å². The summed E-state index contributed by atoms with van der Waals surface area (Å²) in [6, 6.07) is 5.51. The Hall–Kier alpha value is -4.96. The SMILES string of the molecule is COC(=O)CCC1=C(C)c2cc3[nH]c(cc4[nH]c(cc5nc(cc1n2)C(CCC(=O)OC)=C5C)c([C@H](O)C(F)(F)F)c4C)c([C@H](O)C(F)(F)F)c3C. The van der Waals surface area contributed by atoms with E-state index < -0.39 is 47.6 Å². The number of aliphatic hydroxyl groups is 2. The fourth-order valence-electron chi connectivity index (χ4n) is 6.47. The van der Waals surface area contributed by atoms with Crippen molar-refractivity contribution in [3.05, 3.63) is 69.3 Å². The molecule has 5 heterocycles. The second-order valence-electron chi connectivity index (χ2n) is 12.6. The first-order valence-corrected chi connectivity index (χ1v) is 16.1. The van der Waals surface area contributed by atoms with Crippen LogP contribution in [0.5, 0.6) is 0 Å². The van der Waals surface area contributed by atoms with Crippen molar-refractivity contribution in [2.75, 3.05) is 14.2 Å². The molecule has 0 aromatic carbocycles. The smallest absolute Gasteiger partial charge is 0.418 e. The lowest BCUT2D eigenvalue weighted by Crippen LogP contribution is -2.20. The van der Waals surface area contributed by atoms with Gasteiger partial charge in [-0.3, -0.25) is 9.59 Å². The Bertz CT molecular complexity index is 2180. The van der Waals surface area contributed by atoms with Crippen LogP contribution in [0.25, 0.3) is 44.4 Å². The first kappa shape index (κ1) is 38.3. The summed E-state index contributed by atoms with van der Waals surface area (Å²) in [5.41, 5.74) is 1.76. The summed E-state index contributed by atoms with van der Waals surface area (Å²) in [7, 11) is 2.47. The molecule has 0 unspecified atom stereocenters. The second-order valence-corrected chi connectivity index (χ2v) is 12.6. The van der Waals surface area contributed by atoms with Crippen molar-refractivity contribution in [2.45, 2.75) is 77.9 Å². The number of H-pyrrole nitrogens is 2. The number of aliphatic hydroxyl groups excluding tert-OH is 2. The van der Waals surface area contributed by atoms with Gasteiger partial charge in [-0.05, 0) is 98.2 Å². The number of alkyl halides is 6. The highest BCUT2D eigenvalue weighted by Gasteiger charge is 2.43. The number of carbonyl (C=O) groups is 2. The van der Waals surface area contributed by atoms with Crippen LogP contribution >= 0.6 is 0 Å². The predicted octanol–water partition coefficient (Wildman–Crippen LogP) is 7.89. The van der Waals surface area contributed by atoms with E-state index in [-0.39, 0.29) is 64.6 Å². The molecule has 2 atom stereocenters. The normalized spacial score (nSPS) is 14.9. The van der Waals surface area contributed by atoms with Gasteiger partial charge in [0, 0.05) is 46.0 Å².